The third-order valence-corrected chi connectivity index (χ3v) is 12.9. The number of ether oxygens (including phenoxy) is 6. The summed E-state index contributed by atoms with van der Waals surface area (Å²) in [5.74, 6) is -0.797. The van der Waals surface area contributed by atoms with E-state index < -0.39 is 11.7 Å². The third-order valence-electron chi connectivity index (χ3n) is 12.9. The number of benzene rings is 1. The standard InChI is InChI=1S/C34H47NO8/c1-7-35-17-32(18-38-3)14-13-24(40-5)34-22-15-21-23(39-4)16-33(43-19(2)36,26(30(34)35)28(41-6)29(32)34)25(22)27(21)42-31(37)20-11-9-8-10-12-20/h8-12,21-30H,7,13-18H2,1-6H3/t21-,22-,23+,24?,25-,26+,27+,28+,29-,30?,32+,33-,34?/m1/s1. The van der Waals surface area contributed by atoms with Gasteiger partial charge in [0.1, 0.15) is 11.7 Å². The van der Waals surface area contributed by atoms with E-state index in [1.54, 1.807) is 26.4 Å². The van der Waals surface area contributed by atoms with Crippen LogP contribution < -0.4 is 0 Å². The summed E-state index contributed by atoms with van der Waals surface area (Å²) in [5.41, 5.74) is -0.816. The molecule has 3 unspecified atom stereocenters. The van der Waals surface area contributed by atoms with Crippen LogP contribution in [0.2, 0.25) is 0 Å². The fourth-order valence-corrected chi connectivity index (χ4v) is 12.3. The molecule has 43 heavy (non-hydrogen) atoms. The van der Waals surface area contributed by atoms with Gasteiger partial charge in [-0.15, -0.1) is 0 Å². The lowest BCUT2D eigenvalue weighted by atomic mass is 9.43. The average molecular weight is 598 g/mol. The van der Waals surface area contributed by atoms with Crippen LogP contribution in [-0.4, -0.2) is 101 Å². The molecule has 5 saturated carbocycles. The molecule has 9 nitrogen and oxygen atoms in total. The van der Waals surface area contributed by atoms with Gasteiger partial charge in [0.25, 0.3) is 0 Å². The van der Waals surface area contributed by atoms with Crippen molar-refractivity contribution in [3.63, 3.8) is 0 Å². The van der Waals surface area contributed by atoms with Crippen molar-refractivity contribution in [3.05, 3.63) is 35.9 Å². The maximum Gasteiger partial charge on any atom is 0.338 e. The van der Waals surface area contributed by atoms with E-state index in [9.17, 15) is 9.59 Å². The lowest BCUT2D eigenvalue weighted by molar-refractivity contribution is -0.280. The van der Waals surface area contributed by atoms with Gasteiger partial charge >= 0.3 is 11.9 Å². The second-order valence-electron chi connectivity index (χ2n) is 14.1. The van der Waals surface area contributed by atoms with Crippen LogP contribution in [0.3, 0.4) is 0 Å². The molecule has 0 amide bonds. The van der Waals surface area contributed by atoms with Crippen LogP contribution in [0.4, 0.5) is 0 Å². The van der Waals surface area contributed by atoms with Crippen molar-refractivity contribution in [1.29, 1.82) is 0 Å². The largest absolute Gasteiger partial charge is 0.458 e. The highest BCUT2D eigenvalue weighted by Crippen LogP contribution is 2.80. The number of carbonyl (C=O) groups is 2. The van der Waals surface area contributed by atoms with Crippen LogP contribution in [0.1, 0.15) is 49.9 Å². The van der Waals surface area contributed by atoms with Crippen molar-refractivity contribution in [2.45, 2.75) is 75.6 Å². The van der Waals surface area contributed by atoms with Crippen LogP contribution >= 0.6 is 0 Å². The Hall–Kier alpha value is -2.04. The SMILES string of the molecule is CCN1C[C@]2(COC)CCC(OC)C34C1[C@H]([C@H](OC)[C@@H]32)[C@@]1(OC(C)=O)C[C@H](OC)[C@H]2C[C@@H]4[C@@H]1[C@H]2OC(=O)c1ccccc1. The summed E-state index contributed by atoms with van der Waals surface area (Å²) in [6, 6.07) is 9.26. The number of carbonyl (C=O) groups excluding carboxylic acids is 2. The second kappa shape index (κ2) is 10.5. The van der Waals surface area contributed by atoms with E-state index >= 15 is 0 Å². The van der Waals surface area contributed by atoms with Gasteiger partial charge in [0.15, 0.2) is 0 Å². The molecule has 7 bridgehead atoms. The van der Waals surface area contributed by atoms with Crippen molar-refractivity contribution < 1.29 is 38.0 Å². The minimum Gasteiger partial charge on any atom is -0.458 e. The van der Waals surface area contributed by atoms with Gasteiger partial charge in [-0.1, -0.05) is 25.1 Å². The summed E-state index contributed by atoms with van der Waals surface area (Å²) in [4.78, 5) is 29.5. The highest BCUT2D eigenvalue weighted by molar-refractivity contribution is 5.89. The summed E-state index contributed by atoms with van der Waals surface area (Å²) in [6.45, 7) is 6.16. The number of methoxy groups -OCH3 is 4. The zero-order chi connectivity index (χ0) is 30.3. The van der Waals surface area contributed by atoms with E-state index in [-0.39, 0.29) is 76.7 Å². The number of rotatable bonds is 9. The first-order chi connectivity index (χ1) is 20.8. The fourth-order valence-electron chi connectivity index (χ4n) is 12.3. The normalized spacial score (nSPS) is 47.3. The summed E-state index contributed by atoms with van der Waals surface area (Å²) < 4.78 is 38.7. The van der Waals surface area contributed by atoms with Gasteiger partial charge in [-0.3, -0.25) is 9.69 Å². The number of hydrogen-bond donors (Lipinski definition) is 0. The van der Waals surface area contributed by atoms with Crippen molar-refractivity contribution in [2.75, 3.05) is 48.1 Å². The first-order valence-electron chi connectivity index (χ1n) is 16.0. The molecule has 6 fully saturated rings. The van der Waals surface area contributed by atoms with Crippen molar-refractivity contribution >= 4 is 11.9 Å². The van der Waals surface area contributed by atoms with Gasteiger partial charge in [0.05, 0.1) is 30.5 Å². The molecule has 9 heteroatoms. The molecule has 7 rings (SSSR count). The first-order valence-corrected chi connectivity index (χ1v) is 16.0. The second-order valence-corrected chi connectivity index (χ2v) is 14.1. The lowest BCUT2D eigenvalue weighted by Gasteiger charge is -2.69. The maximum atomic E-state index is 13.7. The molecule has 13 atom stereocenters. The van der Waals surface area contributed by atoms with Gasteiger partial charge < -0.3 is 28.4 Å². The molecule has 236 valence electrons. The van der Waals surface area contributed by atoms with Crippen molar-refractivity contribution in [3.8, 4) is 0 Å². The van der Waals surface area contributed by atoms with Gasteiger partial charge in [0.2, 0.25) is 0 Å². The molecule has 1 spiro atoms. The highest BCUT2D eigenvalue weighted by atomic mass is 16.6. The van der Waals surface area contributed by atoms with Gasteiger partial charge in [-0.2, -0.15) is 0 Å². The van der Waals surface area contributed by atoms with E-state index in [0.29, 0.717) is 18.6 Å². The molecular formula is C34H47NO8. The monoisotopic (exact) mass is 597 g/mol. The van der Waals surface area contributed by atoms with Crippen LogP contribution in [0, 0.1) is 40.4 Å². The molecule has 1 heterocycles. The molecule has 0 N–H and O–H groups in total. The Balaban J connectivity index is 1.46. The Morgan fingerprint density at radius 2 is 1.77 bits per heavy atom. The third kappa shape index (κ3) is 3.69. The fraction of sp³-hybridized carbons (Fsp3) is 0.765. The molecule has 5 aliphatic carbocycles. The van der Waals surface area contributed by atoms with E-state index in [2.05, 4.69) is 11.8 Å². The lowest BCUT2D eigenvalue weighted by Crippen LogP contribution is -2.77. The molecule has 0 aromatic heterocycles. The molecule has 6 aliphatic rings. The first kappa shape index (κ1) is 29.7. The molecular weight excluding hydrogens is 550 g/mol. The molecule has 1 aromatic rings. The molecule has 1 aromatic carbocycles. The Labute approximate surface area is 254 Å². The topological polar surface area (TPSA) is 92.8 Å². The predicted molar refractivity (Wildman–Crippen MR) is 156 cm³/mol. The van der Waals surface area contributed by atoms with Crippen LogP contribution in [-0.2, 0) is 33.2 Å². The summed E-state index contributed by atoms with van der Waals surface area (Å²) in [7, 11) is 7.20. The number of nitrogens with zero attached hydrogens (tertiary/aromatic N) is 1. The number of fused-ring (bicyclic) bond motifs is 2. The Bertz CT molecular complexity index is 1240. The summed E-state index contributed by atoms with van der Waals surface area (Å²) >= 11 is 0. The van der Waals surface area contributed by atoms with E-state index in [1.165, 1.54) is 6.92 Å². The zero-order valence-electron chi connectivity index (χ0n) is 26.3. The van der Waals surface area contributed by atoms with E-state index in [1.807, 2.05) is 32.4 Å². The smallest absolute Gasteiger partial charge is 0.338 e. The molecule has 0 radical (unpaired) electrons. The minimum atomic E-state index is -0.922. The van der Waals surface area contributed by atoms with Gasteiger partial charge in [-0.05, 0) is 43.9 Å². The van der Waals surface area contributed by atoms with E-state index in [0.717, 1.165) is 32.4 Å². The van der Waals surface area contributed by atoms with Gasteiger partial charge in [-0.25, -0.2) is 4.79 Å². The quantitative estimate of drug-likeness (QED) is 0.396. The van der Waals surface area contributed by atoms with Crippen LogP contribution in [0.5, 0.6) is 0 Å². The maximum absolute atomic E-state index is 13.7. The minimum absolute atomic E-state index is 0.00405. The van der Waals surface area contributed by atoms with E-state index in [4.69, 9.17) is 28.4 Å². The molecule has 1 aliphatic heterocycles. The molecule has 1 saturated heterocycles. The summed E-state index contributed by atoms with van der Waals surface area (Å²) in [6.07, 6.45) is 2.42. The summed E-state index contributed by atoms with van der Waals surface area (Å²) in [5, 5.41) is 0. The average Bonchev–Trinajstić information content (AvgIpc) is 3.43. The number of hydrogen-bond acceptors (Lipinski definition) is 9. The zero-order valence-corrected chi connectivity index (χ0v) is 26.3. The Morgan fingerprint density at radius 1 is 1.00 bits per heavy atom. The van der Waals surface area contributed by atoms with Crippen LogP contribution in [0.15, 0.2) is 30.3 Å². The predicted octanol–water partition coefficient (Wildman–Crippen LogP) is 3.59. The Kier molecular flexibility index (Phi) is 7.25. The number of piperidine rings is 1. The Morgan fingerprint density at radius 3 is 2.40 bits per heavy atom. The number of likely N-dealkylation sites (tertiary alicyclic amines) is 1. The van der Waals surface area contributed by atoms with Crippen LogP contribution in [0.25, 0.3) is 0 Å². The van der Waals surface area contributed by atoms with Crippen molar-refractivity contribution in [2.24, 2.45) is 40.4 Å². The highest BCUT2D eigenvalue weighted by Gasteiger charge is 2.88. The van der Waals surface area contributed by atoms with Crippen molar-refractivity contribution in [1.82, 2.24) is 4.90 Å². The number of esters is 2. The van der Waals surface area contributed by atoms with Gasteiger partial charge in [0, 0.05) is 88.9 Å².